The Bertz CT molecular complexity index is 673. The third kappa shape index (κ3) is 4.55. The minimum atomic E-state index is -1.00. The van der Waals surface area contributed by atoms with Gasteiger partial charge in [0.1, 0.15) is 6.54 Å². The van der Waals surface area contributed by atoms with Crippen LogP contribution in [0.2, 0.25) is 0 Å². The average molecular weight is 333 g/mol. The van der Waals surface area contributed by atoms with E-state index in [4.69, 9.17) is 5.11 Å². The van der Waals surface area contributed by atoms with Crippen LogP contribution < -0.4 is 15.5 Å². The zero-order valence-corrected chi connectivity index (χ0v) is 13.2. The van der Waals surface area contributed by atoms with Gasteiger partial charge >= 0.3 is 5.97 Å². The summed E-state index contributed by atoms with van der Waals surface area (Å²) in [5, 5.41) is 13.9. The highest BCUT2D eigenvalue weighted by atomic mass is 16.4. The predicted molar refractivity (Wildman–Crippen MR) is 86.5 cm³/mol. The van der Waals surface area contributed by atoms with Gasteiger partial charge in [-0.05, 0) is 19.1 Å². The zero-order chi connectivity index (χ0) is 17.7. The fourth-order valence-corrected chi connectivity index (χ4v) is 2.47. The largest absolute Gasteiger partial charge is 0.481 e. The van der Waals surface area contributed by atoms with Gasteiger partial charge < -0.3 is 20.6 Å². The van der Waals surface area contributed by atoms with E-state index in [1.807, 2.05) is 0 Å². The molecule has 1 aromatic rings. The quantitative estimate of drug-likeness (QED) is 0.710. The number of amides is 3. The van der Waals surface area contributed by atoms with E-state index in [1.165, 1.54) is 4.90 Å². The molecule has 0 aromatic heterocycles. The van der Waals surface area contributed by atoms with Gasteiger partial charge in [0, 0.05) is 18.9 Å². The average Bonchev–Trinajstić information content (AvgIpc) is 2.50. The highest BCUT2D eigenvalue weighted by Crippen LogP contribution is 2.29. The maximum atomic E-state index is 12.3. The molecule has 0 spiro atoms. The summed E-state index contributed by atoms with van der Waals surface area (Å²) in [6, 6.07) is 6.43. The number of rotatable bonds is 6. The number of carboxylic acid groups (broad SMARTS) is 1. The van der Waals surface area contributed by atoms with Gasteiger partial charge in [-0.25, -0.2) is 0 Å². The van der Waals surface area contributed by atoms with Crippen molar-refractivity contribution < 1.29 is 24.3 Å². The van der Waals surface area contributed by atoms with E-state index >= 15 is 0 Å². The van der Waals surface area contributed by atoms with Crippen molar-refractivity contribution in [3.05, 3.63) is 24.3 Å². The Balaban J connectivity index is 1.92. The Morgan fingerprint density at radius 2 is 2.00 bits per heavy atom. The molecular formula is C16H19N3O5. The molecule has 0 saturated heterocycles. The highest BCUT2D eigenvalue weighted by molar-refractivity contribution is 6.10. The second-order valence-electron chi connectivity index (χ2n) is 5.61. The molecule has 0 radical (unpaired) electrons. The van der Waals surface area contributed by atoms with Crippen LogP contribution >= 0.6 is 0 Å². The third-order valence-electron chi connectivity index (χ3n) is 3.53. The van der Waals surface area contributed by atoms with Crippen molar-refractivity contribution in [2.75, 3.05) is 16.8 Å². The molecule has 128 valence electrons. The first-order valence-corrected chi connectivity index (χ1v) is 7.57. The van der Waals surface area contributed by atoms with Crippen molar-refractivity contribution in [3.63, 3.8) is 0 Å². The van der Waals surface area contributed by atoms with Gasteiger partial charge in [-0.2, -0.15) is 0 Å². The van der Waals surface area contributed by atoms with E-state index in [0.717, 1.165) is 0 Å². The van der Waals surface area contributed by atoms with Gasteiger partial charge in [-0.1, -0.05) is 12.1 Å². The lowest BCUT2D eigenvalue weighted by atomic mass is 10.1. The number of carbonyl (C=O) groups is 4. The molecule has 0 aliphatic carbocycles. The first kappa shape index (κ1) is 17.5. The number of para-hydroxylation sites is 2. The van der Waals surface area contributed by atoms with Gasteiger partial charge in [-0.15, -0.1) is 0 Å². The summed E-state index contributed by atoms with van der Waals surface area (Å²) in [5.41, 5.74) is 1.16. The molecule has 1 atom stereocenters. The van der Waals surface area contributed by atoms with Crippen LogP contribution in [0.3, 0.4) is 0 Å². The third-order valence-corrected chi connectivity index (χ3v) is 3.53. The van der Waals surface area contributed by atoms with E-state index in [9.17, 15) is 19.2 Å². The molecule has 1 aromatic carbocycles. The van der Waals surface area contributed by atoms with Crippen molar-refractivity contribution in [1.82, 2.24) is 5.32 Å². The number of nitrogens with one attached hydrogen (secondary N) is 2. The molecule has 24 heavy (non-hydrogen) atoms. The molecule has 3 N–H and O–H groups in total. The fraction of sp³-hybridized carbons (Fsp3) is 0.375. The van der Waals surface area contributed by atoms with Crippen molar-refractivity contribution in [2.24, 2.45) is 0 Å². The Morgan fingerprint density at radius 3 is 2.71 bits per heavy atom. The number of carboxylic acids is 1. The standard InChI is InChI=1S/C16H19N3O5/c1-10(8-16(23)24)17-13(20)6-7-15(22)19-9-14(21)18-11-4-2-3-5-12(11)19/h2-5,10H,6-9H2,1H3,(H,17,20)(H,18,21)(H,23,24). The van der Waals surface area contributed by atoms with Gasteiger partial charge in [0.15, 0.2) is 0 Å². The number of anilines is 2. The molecule has 1 aliphatic rings. The fourth-order valence-electron chi connectivity index (χ4n) is 2.47. The summed E-state index contributed by atoms with van der Waals surface area (Å²) in [7, 11) is 0. The van der Waals surface area contributed by atoms with E-state index in [1.54, 1.807) is 31.2 Å². The van der Waals surface area contributed by atoms with Crippen molar-refractivity contribution in [2.45, 2.75) is 32.2 Å². The Kier molecular flexibility index (Phi) is 5.51. The maximum absolute atomic E-state index is 12.3. The van der Waals surface area contributed by atoms with Crippen LogP contribution in [0.25, 0.3) is 0 Å². The second-order valence-corrected chi connectivity index (χ2v) is 5.61. The first-order valence-electron chi connectivity index (χ1n) is 7.57. The number of nitrogens with zero attached hydrogens (tertiary/aromatic N) is 1. The molecule has 3 amide bonds. The van der Waals surface area contributed by atoms with Gasteiger partial charge in [0.05, 0.1) is 17.8 Å². The van der Waals surface area contributed by atoms with Gasteiger partial charge in [0.25, 0.3) is 0 Å². The topological polar surface area (TPSA) is 116 Å². The normalized spacial score (nSPS) is 14.4. The number of fused-ring (bicyclic) bond motifs is 1. The summed E-state index contributed by atoms with van der Waals surface area (Å²) >= 11 is 0. The predicted octanol–water partition coefficient (Wildman–Crippen LogP) is 0.731. The number of aliphatic carboxylic acids is 1. The molecule has 0 fully saturated rings. The van der Waals surface area contributed by atoms with Gasteiger partial charge in [0.2, 0.25) is 17.7 Å². The van der Waals surface area contributed by atoms with Crippen LogP contribution in [0.4, 0.5) is 11.4 Å². The van der Waals surface area contributed by atoms with Crippen LogP contribution in [0.15, 0.2) is 24.3 Å². The van der Waals surface area contributed by atoms with Crippen LogP contribution in [0.1, 0.15) is 26.2 Å². The molecule has 2 rings (SSSR count). The molecule has 8 heteroatoms. The van der Waals surface area contributed by atoms with E-state index in [-0.39, 0.29) is 37.6 Å². The molecule has 0 bridgehead atoms. The number of hydrogen-bond acceptors (Lipinski definition) is 4. The molecule has 1 aliphatic heterocycles. The second kappa shape index (κ2) is 7.58. The Labute approximate surface area is 138 Å². The van der Waals surface area contributed by atoms with Crippen molar-refractivity contribution >= 4 is 35.1 Å². The number of benzene rings is 1. The van der Waals surface area contributed by atoms with Gasteiger partial charge in [-0.3, -0.25) is 19.2 Å². The Hall–Kier alpha value is -2.90. The lowest BCUT2D eigenvalue weighted by Crippen LogP contribution is -2.42. The SMILES string of the molecule is CC(CC(=O)O)NC(=O)CCC(=O)N1CC(=O)Nc2ccccc21. The maximum Gasteiger partial charge on any atom is 0.305 e. The monoisotopic (exact) mass is 333 g/mol. The van der Waals surface area contributed by atoms with E-state index in [0.29, 0.717) is 11.4 Å². The van der Waals surface area contributed by atoms with Crippen LogP contribution in [-0.2, 0) is 19.2 Å². The van der Waals surface area contributed by atoms with E-state index < -0.39 is 17.9 Å². The molecular weight excluding hydrogens is 314 g/mol. The number of hydrogen-bond donors (Lipinski definition) is 3. The molecule has 0 saturated carbocycles. The van der Waals surface area contributed by atoms with Crippen molar-refractivity contribution in [1.29, 1.82) is 0 Å². The van der Waals surface area contributed by atoms with E-state index in [2.05, 4.69) is 10.6 Å². The summed E-state index contributed by atoms with van der Waals surface area (Å²) in [6.45, 7) is 1.49. The Morgan fingerprint density at radius 1 is 1.29 bits per heavy atom. The minimum absolute atomic E-state index is 0.0623. The highest BCUT2D eigenvalue weighted by Gasteiger charge is 2.26. The van der Waals surface area contributed by atoms with Crippen molar-refractivity contribution in [3.8, 4) is 0 Å². The summed E-state index contributed by atoms with van der Waals surface area (Å²) in [4.78, 5) is 47.7. The lowest BCUT2D eigenvalue weighted by Gasteiger charge is -2.29. The van der Waals surface area contributed by atoms with Crippen LogP contribution in [0, 0.1) is 0 Å². The van der Waals surface area contributed by atoms with Crippen LogP contribution in [-0.4, -0.2) is 41.4 Å². The summed E-state index contributed by atoms with van der Waals surface area (Å²) in [5.74, 6) is -2.03. The summed E-state index contributed by atoms with van der Waals surface area (Å²) < 4.78 is 0. The minimum Gasteiger partial charge on any atom is -0.481 e. The molecule has 1 heterocycles. The number of carbonyl (C=O) groups excluding carboxylic acids is 3. The smallest absolute Gasteiger partial charge is 0.305 e. The first-order chi connectivity index (χ1) is 11.4. The lowest BCUT2D eigenvalue weighted by molar-refractivity contribution is -0.137. The molecule has 1 unspecified atom stereocenters. The summed E-state index contributed by atoms with van der Waals surface area (Å²) in [6.07, 6.45) is -0.310. The van der Waals surface area contributed by atoms with Crippen LogP contribution in [0.5, 0.6) is 0 Å². The molecule has 8 nitrogen and oxygen atoms in total. The zero-order valence-electron chi connectivity index (χ0n) is 13.2.